The van der Waals surface area contributed by atoms with Crippen molar-refractivity contribution in [2.75, 3.05) is 11.9 Å². The number of halogens is 3. The topological polar surface area (TPSA) is 75.4 Å². The average Bonchev–Trinajstić information content (AvgIpc) is 3.40. The fraction of sp³-hybridized carbons (Fsp3) is 0.391. The lowest BCUT2D eigenvalue weighted by molar-refractivity contribution is -0.137. The van der Waals surface area contributed by atoms with E-state index >= 15 is 0 Å². The second-order valence-corrected chi connectivity index (χ2v) is 8.25. The maximum absolute atomic E-state index is 13.0. The Bertz CT molecular complexity index is 992. The highest BCUT2D eigenvalue weighted by molar-refractivity contribution is 5.95. The van der Waals surface area contributed by atoms with E-state index in [0.29, 0.717) is 24.2 Å². The van der Waals surface area contributed by atoms with Gasteiger partial charge in [-0.2, -0.15) is 13.2 Å². The standard InChI is InChI=1S/C23H24F3N3O2/c24-23(25,26)16-7-3-6-14(11-16)17-12-18(17)22(31)28-19-8-2-1-5-15(19)13-29-10-4-9-20(29)21(27)30/h1-3,5-8,11,17-18,20H,4,9-10,12-13H2,(H2,27,30)(H,28,31). The Balaban J connectivity index is 1.43. The molecule has 3 N–H and O–H groups in total. The summed E-state index contributed by atoms with van der Waals surface area (Å²) < 4.78 is 38.9. The lowest BCUT2D eigenvalue weighted by Crippen LogP contribution is -2.39. The number of likely N-dealkylation sites (tertiary alicyclic amines) is 1. The van der Waals surface area contributed by atoms with Crippen LogP contribution in [0.3, 0.4) is 0 Å². The maximum Gasteiger partial charge on any atom is 0.416 e. The summed E-state index contributed by atoms with van der Waals surface area (Å²) in [6, 6.07) is 12.2. The number of hydrogen-bond donors (Lipinski definition) is 2. The molecule has 1 aliphatic carbocycles. The SMILES string of the molecule is NC(=O)C1CCCN1Cc1ccccc1NC(=O)C1CC1c1cccc(C(F)(F)F)c1. The zero-order valence-corrected chi connectivity index (χ0v) is 16.9. The Morgan fingerprint density at radius 3 is 2.65 bits per heavy atom. The second kappa shape index (κ2) is 8.34. The van der Waals surface area contributed by atoms with Gasteiger partial charge in [-0.25, -0.2) is 0 Å². The fourth-order valence-electron chi connectivity index (χ4n) is 4.36. The molecule has 0 aromatic heterocycles. The van der Waals surface area contributed by atoms with E-state index in [-0.39, 0.29) is 29.7 Å². The van der Waals surface area contributed by atoms with Crippen LogP contribution in [0.5, 0.6) is 0 Å². The first-order valence-corrected chi connectivity index (χ1v) is 10.3. The number of primary amides is 1. The molecule has 1 aliphatic heterocycles. The molecule has 1 saturated heterocycles. The van der Waals surface area contributed by atoms with Crippen LogP contribution in [0.15, 0.2) is 48.5 Å². The Kier molecular flexibility index (Phi) is 5.75. The Morgan fingerprint density at radius 2 is 1.90 bits per heavy atom. The minimum Gasteiger partial charge on any atom is -0.368 e. The molecule has 8 heteroatoms. The minimum absolute atomic E-state index is 0.206. The van der Waals surface area contributed by atoms with E-state index < -0.39 is 11.7 Å². The second-order valence-electron chi connectivity index (χ2n) is 8.25. The molecule has 5 nitrogen and oxygen atoms in total. The molecule has 1 saturated carbocycles. The van der Waals surface area contributed by atoms with Gasteiger partial charge in [-0.05, 0) is 55.0 Å². The molecule has 2 amide bonds. The van der Waals surface area contributed by atoms with Crippen molar-refractivity contribution in [1.29, 1.82) is 0 Å². The van der Waals surface area contributed by atoms with E-state index in [1.165, 1.54) is 6.07 Å². The van der Waals surface area contributed by atoms with E-state index in [0.717, 1.165) is 37.1 Å². The van der Waals surface area contributed by atoms with E-state index in [1.807, 2.05) is 23.1 Å². The average molecular weight is 431 g/mol. The van der Waals surface area contributed by atoms with Crippen LogP contribution in [0.2, 0.25) is 0 Å². The molecule has 2 fully saturated rings. The summed E-state index contributed by atoms with van der Waals surface area (Å²) in [4.78, 5) is 26.5. The Labute approximate surface area is 178 Å². The minimum atomic E-state index is -4.40. The summed E-state index contributed by atoms with van der Waals surface area (Å²) >= 11 is 0. The summed E-state index contributed by atoms with van der Waals surface area (Å²) in [5.74, 6) is -1.13. The number of anilines is 1. The van der Waals surface area contributed by atoms with E-state index in [4.69, 9.17) is 5.73 Å². The van der Waals surface area contributed by atoms with Crippen LogP contribution in [-0.2, 0) is 22.3 Å². The van der Waals surface area contributed by atoms with Crippen LogP contribution >= 0.6 is 0 Å². The summed E-state index contributed by atoms with van der Waals surface area (Å²) in [6.07, 6.45) is -2.27. The maximum atomic E-state index is 13.0. The van der Waals surface area contributed by atoms with Crippen LogP contribution in [0.1, 0.15) is 41.9 Å². The van der Waals surface area contributed by atoms with Crippen molar-refractivity contribution in [2.45, 2.75) is 43.9 Å². The number of nitrogens with one attached hydrogen (secondary N) is 1. The van der Waals surface area contributed by atoms with Crippen LogP contribution < -0.4 is 11.1 Å². The predicted octanol–water partition coefficient (Wildman–Crippen LogP) is 3.90. The quantitative estimate of drug-likeness (QED) is 0.729. The third kappa shape index (κ3) is 4.74. The Morgan fingerprint density at radius 1 is 1.13 bits per heavy atom. The van der Waals surface area contributed by atoms with Gasteiger partial charge in [-0.1, -0.05) is 36.4 Å². The largest absolute Gasteiger partial charge is 0.416 e. The zero-order valence-electron chi connectivity index (χ0n) is 16.9. The highest BCUT2D eigenvalue weighted by atomic mass is 19.4. The normalized spacial score (nSPS) is 23.5. The van der Waals surface area contributed by atoms with Gasteiger partial charge in [0, 0.05) is 18.2 Å². The van der Waals surface area contributed by atoms with Crippen LogP contribution in [0.4, 0.5) is 18.9 Å². The smallest absolute Gasteiger partial charge is 0.368 e. The molecule has 1 heterocycles. The first-order chi connectivity index (χ1) is 14.7. The lowest BCUT2D eigenvalue weighted by atomic mass is 10.0. The number of nitrogens with two attached hydrogens (primary N) is 1. The molecule has 3 atom stereocenters. The monoisotopic (exact) mass is 431 g/mol. The lowest BCUT2D eigenvalue weighted by Gasteiger charge is -2.23. The molecule has 0 radical (unpaired) electrons. The van der Waals surface area contributed by atoms with Crippen molar-refractivity contribution in [3.63, 3.8) is 0 Å². The number of alkyl halides is 3. The molecule has 4 rings (SSSR count). The van der Waals surface area contributed by atoms with Crippen LogP contribution in [0, 0.1) is 5.92 Å². The number of para-hydroxylation sites is 1. The summed E-state index contributed by atoms with van der Waals surface area (Å²) in [5.41, 5.74) is 6.86. The van der Waals surface area contributed by atoms with E-state index in [9.17, 15) is 22.8 Å². The van der Waals surface area contributed by atoms with Gasteiger partial charge >= 0.3 is 6.18 Å². The molecule has 3 unspecified atom stereocenters. The number of rotatable bonds is 6. The van der Waals surface area contributed by atoms with Gasteiger partial charge in [-0.3, -0.25) is 14.5 Å². The number of benzene rings is 2. The number of hydrogen-bond acceptors (Lipinski definition) is 3. The van der Waals surface area contributed by atoms with Crippen molar-refractivity contribution in [2.24, 2.45) is 11.7 Å². The number of amides is 2. The number of carbonyl (C=O) groups is 2. The van der Waals surface area contributed by atoms with Gasteiger partial charge in [0.1, 0.15) is 0 Å². The molecule has 0 bridgehead atoms. The molecule has 164 valence electrons. The molecular weight excluding hydrogens is 407 g/mol. The zero-order chi connectivity index (χ0) is 22.2. The van der Waals surface area contributed by atoms with Crippen molar-refractivity contribution < 1.29 is 22.8 Å². The Hall–Kier alpha value is -2.87. The molecule has 31 heavy (non-hydrogen) atoms. The van der Waals surface area contributed by atoms with Gasteiger partial charge in [0.25, 0.3) is 0 Å². The highest BCUT2D eigenvalue weighted by Gasteiger charge is 2.45. The fourth-order valence-corrected chi connectivity index (χ4v) is 4.36. The van der Waals surface area contributed by atoms with Crippen LogP contribution in [0.25, 0.3) is 0 Å². The number of carbonyl (C=O) groups excluding carboxylic acids is 2. The summed E-state index contributed by atoms with van der Waals surface area (Å²) in [7, 11) is 0. The van der Waals surface area contributed by atoms with E-state index in [2.05, 4.69) is 5.32 Å². The molecule has 2 aromatic carbocycles. The van der Waals surface area contributed by atoms with Crippen molar-refractivity contribution in [1.82, 2.24) is 4.90 Å². The first-order valence-electron chi connectivity index (χ1n) is 10.3. The first kappa shape index (κ1) is 21.4. The van der Waals surface area contributed by atoms with Gasteiger partial charge < -0.3 is 11.1 Å². The number of nitrogens with zero attached hydrogens (tertiary/aromatic N) is 1. The summed E-state index contributed by atoms with van der Waals surface area (Å²) in [6.45, 7) is 1.25. The molecule has 2 aromatic rings. The third-order valence-electron chi connectivity index (χ3n) is 6.11. The van der Waals surface area contributed by atoms with Gasteiger partial charge in [0.15, 0.2) is 0 Å². The van der Waals surface area contributed by atoms with Crippen LogP contribution in [-0.4, -0.2) is 29.3 Å². The molecule has 0 spiro atoms. The van der Waals surface area contributed by atoms with Crippen molar-refractivity contribution >= 4 is 17.5 Å². The van der Waals surface area contributed by atoms with E-state index in [1.54, 1.807) is 12.1 Å². The molecular formula is C23H24F3N3O2. The van der Waals surface area contributed by atoms with Crippen molar-refractivity contribution in [3.8, 4) is 0 Å². The van der Waals surface area contributed by atoms with Gasteiger partial charge in [-0.15, -0.1) is 0 Å². The predicted molar refractivity (Wildman–Crippen MR) is 110 cm³/mol. The highest BCUT2D eigenvalue weighted by Crippen LogP contribution is 2.49. The van der Waals surface area contributed by atoms with Gasteiger partial charge in [0.05, 0.1) is 11.6 Å². The molecule has 2 aliphatic rings. The third-order valence-corrected chi connectivity index (χ3v) is 6.11. The van der Waals surface area contributed by atoms with Crippen molar-refractivity contribution in [3.05, 3.63) is 65.2 Å². The van der Waals surface area contributed by atoms with Gasteiger partial charge in [0.2, 0.25) is 11.8 Å². The summed E-state index contributed by atoms with van der Waals surface area (Å²) in [5, 5.41) is 2.93.